The molecular weight excluding hydrogens is 148 g/mol. The number of nitrogens with zero attached hydrogens (tertiary/aromatic N) is 1. The molecule has 0 fully saturated rings. The number of hydrogen-bond acceptors (Lipinski definition) is 1. The Morgan fingerprint density at radius 3 is 2.25 bits per heavy atom. The van der Waals surface area contributed by atoms with Crippen LogP contribution in [0.2, 0.25) is 0 Å². The molecule has 0 amide bonds. The van der Waals surface area contributed by atoms with Gasteiger partial charge in [-0.15, -0.1) is 0 Å². The molecule has 0 saturated carbocycles. The lowest BCUT2D eigenvalue weighted by Gasteiger charge is -1.97. The largest absolute Gasteiger partial charge is 0.282 e. The fourth-order valence-electron chi connectivity index (χ4n) is 0.884. The molecule has 2 nitrogen and oxygen atoms in total. The van der Waals surface area contributed by atoms with E-state index in [0.29, 0.717) is 5.84 Å². The molecule has 0 saturated heterocycles. The molecule has 0 aromatic heterocycles. The highest BCUT2D eigenvalue weighted by atomic mass is 14.8. The van der Waals surface area contributed by atoms with Crippen LogP contribution in [0.4, 0.5) is 0 Å². The molecule has 1 aromatic carbocycles. The van der Waals surface area contributed by atoms with Crippen molar-refractivity contribution in [3.63, 3.8) is 0 Å². The van der Waals surface area contributed by atoms with E-state index in [0.717, 1.165) is 11.3 Å². The van der Waals surface area contributed by atoms with Crippen molar-refractivity contribution in [3.05, 3.63) is 35.9 Å². The van der Waals surface area contributed by atoms with E-state index >= 15 is 0 Å². The highest BCUT2D eigenvalue weighted by Crippen LogP contribution is 2.00. The Hall–Kier alpha value is -1.44. The number of hydrogen-bond donors (Lipinski definition) is 1. The van der Waals surface area contributed by atoms with Gasteiger partial charge in [0.25, 0.3) is 0 Å². The van der Waals surface area contributed by atoms with Crippen LogP contribution in [-0.4, -0.2) is 11.5 Å². The topological polar surface area (TPSA) is 36.2 Å². The van der Waals surface area contributed by atoms with Gasteiger partial charge in [0, 0.05) is 11.3 Å². The van der Waals surface area contributed by atoms with Crippen molar-refractivity contribution in [2.24, 2.45) is 4.99 Å². The van der Waals surface area contributed by atoms with Crippen LogP contribution in [0.3, 0.4) is 0 Å². The van der Waals surface area contributed by atoms with Crippen molar-refractivity contribution in [2.75, 3.05) is 0 Å². The molecule has 1 rings (SSSR count). The molecule has 62 valence electrons. The number of amidine groups is 1. The van der Waals surface area contributed by atoms with Crippen LogP contribution in [0.1, 0.15) is 19.4 Å². The van der Waals surface area contributed by atoms with Crippen LogP contribution in [-0.2, 0) is 0 Å². The molecule has 0 heterocycles. The third kappa shape index (κ3) is 2.31. The summed E-state index contributed by atoms with van der Waals surface area (Å²) in [5.41, 5.74) is 1.77. The molecule has 0 aliphatic rings. The van der Waals surface area contributed by atoms with Crippen LogP contribution >= 0.6 is 0 Å². The zero-order valence-corrected chi connectivity index (χ0v) is 7.33. The predicted molar refractivity (Wildman–Crippen MR) is 52.1 cm³/mol. The third-order valence-electron chi connectivity index (χ3n) is 1.38. The van der Waals surface area contributed by atoms with Crippen LogP contribution in [0.25, 0.3) is 0 Å². The van der Waals surface area contributed by atoms with Crippen LogP contribution in [0.15, 0.2) is 35.3 Å². The summed E-state index contributed by atoms with van der Waals surface area (Å²) >= 11 is 0. The number of nitrogens with one attached hydrogen (secondary N) is 1. The van der Waals surface area contributed by atoms with Crippen molar-refractivity contribution in [1.82, 2.24) is 0 Å². The molecule has 0 unspecified atom stereocenters. The second kappa shape index (κ2) is 3.81. The van der Waals surface area contributed by atoms with E-state index in [9.17, 15) is 0 Å². The van der Waals surface area contributed by atoms with E-state index < -0.39 is 0 Å². The lowest BCUT2D eigenvalue weighted by Crippen LogP contribution is -1.96. The fourth-order valence-corrected chi connectivity index (χ4v) is 0.884. The summed E-state index contributed by atoms with van der Waals surface area (Å²) in [7, 11) is 0. The van der Waals surface area contributed by atoms with E-state index in [2.05, 4.69) is 4.99 Å². The summed E-state index contributed by atoms with van der Waals surface area (Å²) in [4.78, 5) is 4.05. The first-order chi connectivity index (χ1) is 5.70. The Morgan fingerprint density at radius 2 is 1.75 bits per heavy atom. The van der Waals surface area contributed by atoms with Gasteiger partial charge in [-0.3, -0.25) is 5.41 Å². The predicted octanol–water partition coefficient (Wildman–Crippen LogP) is 2.49. The minimum atomic E-state index is 0.329. The monoisotopic (exact) mass is 160 g/mol. The molecule has 0 radical (unpaired) electrons. The van der Waals surface area contributed by atoms with Gasteiger partial charge in [-0.1, -0.05) is 30.3 Å². The van der Waals surface area contributed by atoms with Gasteiger partial charge in [-0.25, -0.2) is 4.99 Å². The Labute approximate surface area is 72.5 Å². The van der Waals surface area contributed by atoms with Gasteiger partial charge in [0.2, 0.25) is 0 Å². The van der Waals surface area contributed by atoms with Gasteiger partial charge < -0.3 is 0 Å². The first-order valence-corrected chi connectivity index (χ1v) is 3.86. The number of benzene rings is 1. The van der Waals surface area contributed by atoms with Gasteiger partial charge in [-0.2, -0.15) is 0 Å². The first-order valence-electron chi connectivity index (χ1n) is 3.86. The fraction of sp³-hybridized carbons (Fsp3) is 0.200. The van der Waals surface area contributed by atoms with Crippen LogP contribution < -0.4 is 0 Å². The van der Waals surface area contributed by atoms with Crippen molar-refractivity contribution in [2.45, 2.75) is 13.8 Å². The second-order valence-electron chi connectivity index (χ2n) is 2.77. The van der Waals surface area contributed by atoms with Gasteiger partial charge in [0.05, 0.1) is 0 Å². The average Bonchev–Trinajstić information content (AvgIpc) is 2.05. The molecule has 2 heteroatoms. The summed E-state index contributed by atoms with van der Waals surface area (Å²) < 4.78 is 0. The van der Waals surface area contributed by atoms with Crippen molar-refractivity contribution in [1.29, 1.82) is 5.41 Å². The molecule has 0 spiro atoms. The normalized spacial score (nSPS) is 9.17. The zero-order valence-electron chi connectivity index (χ0n) is 7.33. The van der Waals surface area contributed by atoms with E-state index in [4.69, 9.17) is 5.41 Å². The molecule has 0 atom stereocenters. The smallest absolute Gasteiger partial charge is 0.151 e. The molecule has 1 N–H and O–H groups in total. The Morgan fingerprint density at radius 1 is 1.17 bits per heavy atom. The van der Waals surface area contributed by atoms with Gasteiger partial charge >= 0.3 is 0 Å². The maximum atomic E-state index is 7.57. The molecule has 0 aliphatic carbocycles. The lowest BCUT2D eigenvalue weighted by atomic mass is 10.2. The number of aliphatic imine (C=N–C) groups is 1. The summed E-state index contributed by atoms with van der Waals surface area (Å²) in [5, 5.41) is 7.57. The van der Waals surface area contributed by atoms with Crippen molar-refractivity contribution < 1.29 is 0 Å². The standard InChI is InChI=1S/C10H12N2/c1-8(2)12-10(11)9-6-4-3-5-7-9/h3-7,11H,1-2H3. The van der Waals surface area contributed by atoms with E-state index in [1.54, 1.807) is 0 Å². The van der Waals surface area contributed by atoms with Crippen molar-refractivity contribution >= 4 is 11.5 Å². The Bertz CT molecular complexity index is 295. The molecule has 0 aliphatic heterocycles. The average molecular weight is 160 g/mol. The van der Waals surface area contributed by atoms with Gasteiger partial charge in [-0.05, 0) is 13.8 Å². The van der Waals surface area contributed by atoms with Crippen LogP contribution in [0, 0.1) is 5.41 Å². The summed E-state index contributed by atoms with van der Waals surface area (Å²) in [6.07, 6.45) is 0. The highest BCUT2D eigenvalue weighted by molar-refractivity contribution is 6.04. The maximum Gasteiger partial charge on any atom is 0.151 e. The first kappa shape index (κ1) is 8.65. The van der Waals surface area contributed by atoms with Crippen LogP contribution in [0.5, 0.6) is 0 Å². The summed E-state index contributed by atoms with van der Waals surface area (Å²) in [6.45, 7) is 3.77. The SMILES string of the molecule is CC(C)=NC(=N)c1ccccc1. The van der Waals surface area contributed by atoms with E-state index in [-0.39, 0.29) is 0 Å². The highest BCUT2D eigenvalue weighted by Gasteiger charge is 1.95. The van der Waals surface area contributed by atoms with E-state index in [1.807, 2.05) is 44.2 Å². The Kier molecular flexibility index (Phi) is 2.75. The minimum Gasteiger partial charge on any atom is -0.282 e. The van der Waals surface area contributed by atoms with Gasteiger partial charge in [0.1, 0.15) is 0 Å². The van der Waals surface area contributed by atoms with Gasteiger partial charge in [0.15, 0.2) is 5.84 Å². The summed E-state index contributed by atoms with van der Waals surface area (Å²) in [6, 6.07) is 9.51. The molecule has 1 aromatic rings. The van der Waals surface area contributed by atoms with E-state index in [1.165, 1.54) is 0 Å². The third-order valence-corrected chi connectivity index (χ3v) is 1.38. The zero-order chi connectivity index (χ0) is 8.97. The second-order valence-corrected chi connectivity index (χ2v) is 2.77. The lowest BCUT2D eigenvalue weighted by molar-refractivity contribution is 1.40. The molecule has 12 heavy (non-hydrogen) atoms. The number of rotatable bonds is 1. The maximum absolute atomic E-state index is 7.57. The molecular formula is C10H12N2. The Balaban J connectivity index is 2.87. The minimum absolute atomic E-state index is 0.329. The summed E-state index contributed by atoms with van der Waals surface area (Å²) in [5.74, 6) is 0.329. The molecule has 0 bridgehead atoms. The van der Waals surface area contributed by atoms with Crippen molar-refractivity contribution in [3.8, 4) is 0 Å². The quantitative estimate of drug-likeness (QED) is 0.484.